The Morgan fingerprint density at radius 2 is 1.00 bits per heavy atom. The maximum Gasteiger partial charge on any atom is 0.136 e. The molecule has 0 saturated heterocycles. The fourth-order valence-electron chi connectivity index (χ4n) is 6.74. The Bertz CT molecular complexity index is 2700. The van der Waals surface area contributed by atoms with E-state index in [0.29, 0.717) is 16.7 Å². The van der Waals surface area contributed by atoms with Crippen molar-refractivity contribution < 1.29 is 11.3 Å². The Balaban J connectivity index is 1.39. The quantitative estimate of drug-likeness (QED) is 0.199. The van der Waals surface area contributed by atoms with Crippen LogP contribution in [0.3, 0.4) is 0 Å². The minimum Gasteiger partial charge on any atom is -0.456 e. The molecular weight excluding hydrogens is 520 g/mol. The van der Waals surface area contributed by atoms with Gasteiger partial charge in [-0.1, -0.05) is 139 Å². The summed E-state index contributed by atoms with van der Waals surface area (Å²) < 4.78 is 48.2. The molecule has 0 amide bonds. The van der Waals surface area contributed by atoms with Gasteiger partial charge in [0.25, 0.3) is 0 Å². The second-order valence-corrected chi connectivity index (χ2v) is 10.9. The summed E-state index contributed by atoms with van der Waals surface area (Å²) in [6.45, 7) is 0. The van der Waals surface area contributed by atoms with E-state index in [1.165, 1.54) is 21.9 Å². The molecule has 0 saturated carbocycles. The maximum absolute atomic E-state index is 8.61. The second-order valence-electron chi connectivity index (χ2n) is 10.9. The molecule has 43 heavy (non-hydrogen) atoms. The zero-order valence-electron chi connectivity index (χ0n) is 28.0. The summed E-state index contributed by atoms with van der Waals surface area (Å²) in [7, 11) is 0. The van der Waals surface area contributed by atoms with E-state index >= 15 is 0 Å². The van der Waals surface area contributed by atoms with Crippen LogP contribution in [-0.4, -0.2) is 0 Å². The number of hydrogen-bond acceptors (Lipinski definition) is 1. The highest BCUT2D eigenvalue weighted by Gasteiger charge is 2.21. The SMILES string of the molecule is [2H]c1c([2H])c([2H])c(-c2ccc3oc4cccc(-c5c6ccccc6c(-c6cccc7ccccc67)c6ccccc56)c4c3c2)c([2H])c1[2H]. The van der Waals surface area contributed by atoms with E-state index in [1.54, 1.807) is 6.07 Å². The Morgan fingerprint density at radius 3 is 1.72 bits per heavy atom. The highest BCUT2D eigenvalue weighted by Crippen LogP contribution is 2.48. The van der Waals surface area contributed by atoms with Crippen molar-refractivity contribution in [2.24, 2.45) is 0 Å². The molecule has 200 valence electrons. The molecule has 0 N–H and O–H groups in total. The van der Waals surface area contributed by atoms with Gasteiger partial charge in [0.15, 0.2) is 0 Å². The number of hydrogen-bond donors (Lipinski definition) is 0. The highest BCUT2D eigenvalue weighted by atomic mass is 16.3. The Labute approximate surface area is 256 Å². The van der Waals surface area contributed by atoms with Gasteiger partial charge in [-0.15, -0.1) is 0 Å². The molecular formula is C42H26O. The molecule has 0 fully saturated rings. The number of furan rings is 1. The van der Waals surface area contributed by atoms with Gasteiger partial charge in [-0.25, -0.2) is 0 Å². The van der Waals surface area contributed by atoms with Gasteiger partial charge in [-0.2, -0.15) is 0 Å². The third-order valence-corrected chi connectivity index (χ3v) is 8.54. The predicted octanol–water partition coefficient (Wildman–Crippen LogP) is 12.0. The van der Waals surface area contributed by atoms with Crippen LogP contribution in [0.15, 0.2) is 162 Å². The summed E-state index contributed by atoms with van der Waals surface area (Å²) in [6.07, 6.45) is 0. The van der Waals surface area contributed by atoms with Crippen molar-refractivity contribution in [1.82, 2.24) is 0 Å². The molecule has 0 bridgehead atoms. The first-order chi connectivity index (χ1) is 23.4. The second kappa shape index (κ2) is 9.44. The maximum atomic E-state index is 8.61. The molecule has 1 heterocycles. The lowest BCUT2D eigenvalue weighted by Crippen LogP contribution is -1.92. The molecule has 0 aliphatic carbocycles. The molecule has 0 atom stereocenters. The van der Waals surface area contributed by atoms with Crippen molar-refractivity contribution in [1.29, 1.82) is 0 Å². The van der Waals surface area contributed by atoms with Crippen molar-refractivity contribution in [3.8, 4) is 33.4 Å². The van der Waals surface area contributed by atoms with Crippen molar-refractivity contribution in [3.05, 3.63) is 158 Å². The van der Waals surface area contributed by atoms with Crippen LogP contribution in [-0.2, 0) is 0 Å². The number of rotatable bonds is 3. The van der Waals surface area contributed by atoms with Gasteiger partial charge < -0.3 is 4.42 Å². The summed E-state index contributed by atoms with van der Waals surface area (Å²) in [5.41, 5.74) is 6.55. The molecule has 1 heteroatoms. The average molecular weight is 552 g/mol. The summed E-state index contributed by atoms with van der Waals surface area (Å²) in [6, 6.07) is 42.1. The lowest BCUT2D eigenvalue weighted by Gasteiger charge is -2.19. The van der Waals surface area contributed by atoms with E-state index in [9.17, 15) is 0 Å². The minimum atomic E-state index is -0.406. The lowest BCUT2D eigenvalue weighted by molar-refractivity contribution is 0.669. The van der Waals surface area contributed by atoms with Crippen LogP contribution in [0.5, 0.6) is 0 Å². The van der Waals surface area contributed by atoms with Gasteiger partial charge >= 0.3 is 0 Å². The number of benzene rings is 8. The zero-order chi connectivity index (χ0) is 32.7. The standard InChI is InChI=1S/C42H26O/c1-2-12-27(13-3-1)29-24-25-38-37(26-29)42-36(22-11-23-39(42)43-38)41-34-19-8-6-17-32(34)40(33-18-7-9-20-35(33)41)31-21-10-15-28-14-4-5-16-30(28)31/h1-26H/i1D,2D,3D,12D,13D. The summed E-state index contributed by atoms with van der Waals surface area (Å²) in [4.78, 5) is 0. The van der Waals surface area contributed by atoms with Crippen LogP contribution in [0.4, 0.5) is 0 Å². The average Bonchev–Trinajstić information content (AvgIpc) is 3.50. The van der Waals surface area contributed by atoms with Gasteiger partial charge in [0.1, 0.15) is 11.2 Å². The van der Waals surface area contributed by atoms with Gasteiger partial charge in [0, 0.05) is 10.8 Å². The summed E-state index contributed by atoms with van der Waals surface area (Å²) >= 11 is 0. The number of fused-ring (bicyclic) bond motifs is 6. The normalized spacial score (nSPS) is 13.3. The molecule has 9 aromatic rings. The Morgan fingerprint density at radius 1 is 0.419 bits per heavy atom. The van der Waals surface area contributed by atoms with Crippen LogP contribution in [0.25, 0.3) is 87.6 Å². The lowest BCUT2D eigenvalue weighted by atomic mass is 9.84. The third kappa shape index (κ3) is 3.65. The van der Waals surface area contributed by atoms with Crippen LogP contribution in [0.2, 0.25) is 0 Å². The van der Waals surface area contributed by atoms with Gasteiger partial charge in [-0.3, -0.25) is 0 Å². The predicted molar refractivity (Wildman–Crippen MR) is 183 cm³/mol. The van der Waals surface area contributed by atoms with Crippen molar-refractivity contribution in [3.63, 3.8) is 0 Å². The Kier molecular flexibility index (Phi) is 4.27. The first-order valence-electron chi connectivity index (χ1n) is 16.9. The fourth-order valence-corrected chi connectivity index (χ4v) is 6.74. The van der Waals surface area contributed by atoms with Gasteiger partial charge in [0.2, 0.25) is 0 Å². The van der Waals surface area contributed by atoms with E-state index in [1.807, 2.05) is 24.3 Å². The molecule has 9 rings (SSSR count). The van der Waals surface area contributed by atoms with E-state index in [2.05, 4.69) is 97.1 Å². The van der Waals surface area contributed by atoms with Crippen molar-refractivity contribution >= 4 is 54.3 Å². The van der Waals surface area contributed by atoms with Crippen molar-refractivity contribution in [2.45, 2.75) is 0 Å². The van der Waals surface area contributed by atoms with E-state index in [4.69, 9.17) is 11.3 Å². The van der Waals surface area contributed by atoms with Gasteiger partial charge in [-0.05, 0) is 83.9 Å². The summed E-state index contributed by atoms with van der Waals surface area (Å²) in [5.74, 6) is 0. The molecule has 8 aromatic carbocycles. The first-order valence-corrected chi connectivity index (χ1v) is 14.4. The molecule has 1 nitrogen and oxygen atoms in total. The van der Waals surface area contributed by atoms with Crippen molar-refractivity contribution in [2.75, 3.05) is 0 Å². The molecule has 0 unspecified atom stereocenters. The van der Waals surface area contributed by atoms with E-state index < -0.39 is 6.04 Å². The fraction of sp³-hybridized carbons (Fsp3) is 0. The summed E-state index contributed by atoms with van der Waals surface area (Å²) in [5, 5.41) is 8.64. The van der Waals surface area contributed by atoms with E-state index in [-0.39, 0.29) is 29.7 Å². The zero-order valence-corrected chi connectivity index (χ0v) is 23.0. The smallest absolute Gasteiger partial charge is 0.136 e. The topological polar surface area (TPSA) is 13.1 Å². The Hall–Kier alpha value is -5.66. The first kappa shape index (κ1) is 19.5. The van der Waals surface area contributed by atoms with E-state index in [0.717, 1.165) is 43.4 Å². The van der Waals surface area contributed by atoms with Gasteiger partial charge in [0.05, 0.1) is 6.85 Å². The van der Waals surface area contributed by atoms with Crippen LogP contribution in [0.1, 0.15) is 6.85 Å². The largest absolute Gasteiger partial charge is 0.456 e. The minimum absolute atomic E-state index is 0.171. The molecule has 0 radical (unpaired) electrons. The monoisotopic (exact) mass is 551 g/mol. The van der Waals surface area contributed by atoms with Crippen LogP contribution in [0, 0.1) is 0 Å². The third-order valence-electron chi connectivity index (χ3n) is 8.54. The molecule has 1 aromatic heterocycles. The van der Waals surface area contributed by atoms with Crippen LogP contribution >= 0.6 is 0 Å². The highest BCUT2D eigenvalue weighted by molar-refractivity contribution is 6.27. The van der Waals surface area contributed by atoms with Crippen LogP contribution < -0.4 is 0 Å². The molecule has 0 spiro atoms. The molecule has 0 aliphatic rings. The molecule has 0 aliphatic heterocycles.